The highest BCUT2D eigenvalue weighted by Gasteiger charge is 2.24. The molecule has 1 aromatic heterocycles. The number of aromatic nitrogens is 2. The van der Waals surface area contributed by atoms with Crippen LogP contribution in [0.4, 0.5) is 0 Å². The van der Waals surface area contributed by atoms with Crippen LogP contribution in [0.3, 0.4) is 0 Å². The molecular weight excluding hydrogens is 350 g/mol. The Morgan fingerprint density at radius 3 is 2.33 bits per heavy atom. The minimum atomic E-state index is -1.06. The minimum Gasteiger partial charge on any atom is -0.481 e. The third kappa shape index (κ3) is 5.06. The molecule has 0 saturated carbocycles. The molecule has 0 radical (unpaired) electrons. The quantitative estimate of drug-likeness (QED) is 0.797. The van der Waals surface area contributed by atoms with Gasteiger partial charge in [-0.1, -0.05) is 25.9 Å². The predicted molar refractivity (Wildman–Crippen MR) is 97.9 cm³/mol. The average molecular weight is 375 g/mol. The summed E-state index contributed by atoms with van der Waals surface area (Å²) in [6.07, 6.45) is 0. The first-order valence-corrected chi connectivity index (χ1v) is 8.60. The normalized spacial score (nSPS) is 12.5. The van der Waals surface area contributed by atoms with Crippen molar-refractivity contribution in [1.29, 1.82) is 0 Å². The second kappa shape index (κ2) is 7.77. The standard InChI is InChI=1S/C19H25N3O5/c1-10-7-13(8-11(2)15(10)26-9-14(23)24)16(25)20-12(3)17-21-18(22-27-17)19(4,5)6/h7-8,12H,9H2,1-6H3,(H,20,25)(H,23,24). The molecule has 2 N–H and O–H groups in total. The second-order valence-corrected chi connectivity index (χ2v) is 7.52. The number of rotatable bonds is 6. The number of benzene rings is 1. The maximum Gasteiger partial charge on any atom is 0.341 e. The van der Waals surface area contributed by atoms with Crippen LogP contribution >= 0.6 is 0 Å². The van der Waals surface area contributed by atoms with Crippen molar-refractivity contribution in [2.24, 2.45) is 0 Å². The zero-order valence-electron chi connectivity index (χ0n) is 16.4. The maximum atomic E-state index is 12.6. The monoisotopic (exact) mass is 375 g/mol. The van der Waals surface area contributed by atoms with Gasteiger partial charge in [0.15, 0.2) is 12.4 Å². The van der Waals surface area contributed by atoms with Gasteiger partial charge in [0.1, 0.15) is 11.8 Å². The van der Waals surface area contributed by atoms with Crippen LogP contribution in [0.2, 0.25) is 0 Å². The highest BCUT2D eigenvalue weighted by atomic mass is 16.5. The van der Waals surface area contributed by atoms with Crippen LogP contribution < -0.4 is 10.1 Å². The largest absolute Gasteiger partial charge is 0.481 e. The molecule has 2 aromatic rings. The van der Waals surface area contributed by atoms with Crippen LogP contribution in [0.1, 0.15) is 66.9 Å². The second-order valence-electron chi connectivity index (χ2n) is 7.52. The molecule has 1 aromatic carbocycles. The number of carbonyl (C=O) groups excluding carboxylic acids is 1. The molecule has 0 aliphatic heterocycles. The smallest absolute Gasteiger partial charge is 0.341 e. The Labute approximate surface area is 157 Å². The van der Waals surface area contributed by atoms with E-state index in [1.165, 1.54) is 0 Å². The summed E-state index contributed by atoms with van der Waals surface area (Å²) in [4.78, 5) is 27.6. The Balaban J connectivity index is 2.13. The van der Waals surface area contributed by atoms with E-state index in [4.69, 9.17) is 14.4 Å². The van der Waals surface area contributed by atoms with Crippen molar-refractivity contribution < 1.29 is 24.0 Å². The van der Waals surface area contributed by atoms with E-state index in [1.807, 2.05) is 20.8 Å². The van der Waals surface area contributed by atoms with Gasteiger partial charge in [0, 0.05) is 11.0 Å². The van der Waals surface area contributed by atoms with Crippen LogP contribution in [-0.4, -0.2) is 33.7 Å². The molecule has 8 nitrogen and oxygen atoms in total. The van der Waals surface area contributed by atoms with Crippen molar-refractivity contribution in [2.45, 2.75) is 53.0 Å². The third-order valence-corrected chi connectivity index (χ3v) is 3.89. The Bertz CT molecular complexity index is 828. The van der Waals surface area contributed by atoms with E-state index in [0.717, 1.165) is 0 Å². The number of carboxylic acid groups (broad SMARTS) is 1. The van der Waals surface area contributed by atoms with E-state index in [-0.39, 0.29) is 11.3 Å². The highest BCUT2D eigenvalue weighted by molar-refractivity contribution is 5.95. The topological polar surface area (TPSA) is 115 Å². The number of aryl methyl sites for hydroxylation is 2. The summed E-state index contributed by atoms with van der Waals surface area (Å²) in [5.41, 5.74) is 1.56. The SMILES string of the molecule is Cc1cc(C(=O)NC(C)c2nc(C(C)(C)C)no2)cc(C)c1OCC(=O)O. The van der Waals surface area contributed by atoms with Crippen molar-refractivity contribution in [3.63, 3.8) is 0 Å². The van der Waals surface area contributed by atoms with E-state index in [2.05, 4.69) is 15.5 Å². The molecule has 146 valence electrons. The Kier molecular flexibility index (Phi) is 5.88. The predicted octanol–water partition coefficient (Wildman–Crippen LogP) is 2.94. The van der Waals surface area contributed by atoms with Gasteiger partial charge < -0.3 is 19.7 Å². The van der Waals surface area contributed by atoms with Gasteiger partial charge in [0.05, 0.1) is 0 Å². The molecule has 0 spiro atoms. The average Bonchev–Trinajstić information content (AvgIpc) is 3.03. The molecular formula is C19H25N3O5. The van der Waals surface area contributed by atoms with Crippen molar-refractivity contribution in [1.82, 2.24) is 15.5 Å². The Morgan fingerprint density at radius 1 is 1.26 bits per heavy atom. The lowest BCUT2D eigenvalue weighted by Gasteiger charge is -2.14. The molecule has 1 atom stereocenters. The first kappa shape index (κ1) is 20.4. The third-order valence-electron chi connectivity index (χ3n) is 3.89. The molecule has 0 aliphatic carbocycles. The fourth-order valence-electron chi connectivity index (χ4n) is 2.50. The Hall–Kier alpha value is -2.90. The lowest BCUT2D eigenvalue weighted by molar-refractivity contribution is -0.139. The fourth-order valence-corrected chi connectivity index (χ4v) is 2.50. The van der Waals surface area contributed by atoms with E-state index < -0.39 is 18.6 Å². The maximum absolute atomic E-state index is 12.6. The van der Waals surface area contributed by atoms with Gasteiger partial charge in [-0.2, -0.15) is 4.98 Å². The molecule has 8 heteroatoms. The van der Waals surface area contributed by atoms with Crippen molar-refractivity contribution >= 4 is 11.9 Å². The molecule has 0 fully saturated rings. The van der Waals surface area contributed by atoms with Crippen LogP contribution in [0, 0.1) is 13.8 Å². The number of carbonyl (C=O) groups is 2. The number of carboxylic acids is 1. The summed E-state index contributed by atoms with van der Waals surface area (Å²) in [6.45, 7) is 10.8. The summed E-state index contributed by atoms with van der Waals surface area (Å²) in [5.74, 6) is 0.0229. The zero-order chi connectivity index (χ0) is 20.4. The fraction of sp³-hybridized carbons (Fsp3) is 0.474. The van der Waals surface area contributed by atoms with Crippen molar-refractivity contribution in [3.05, 3.63) is 40.5 Å². The van der Waals surface area contributed by atoms with Crippen LogP contribution in [0.25, 0.3) is 0 Å². The molecule has 0 saturated heterocycles. The summed E-state index contributed by atoms with van der Waals surface area (Å²) in [6, 6.07) is 2.85. The molecule has 27 heavy (non-hydrogen) atoms. The van der Waals surface area contributed by atoms with Crippen LogP contribution in [0.5, 0.6) is 5.75 Å². The lowest BCUT2D eigenvalue weighted by atomic mass is 9.96. The molecule has 1 amide bonds. The van der Waals surface area contributed by atoms with Crippen LogP contribution in [-0.2, 0) is 10.2 Å². The van der Waals surface area contributed by atoms with Gasteiger partial charge >= 0.3 is 5.97 Å². The molecule has 0 bridgehead atoms. The van der Waals surface area contributed by atoms with Gasteiger partial charge in [0.25, 0.3) is 5.91 Å². The number of nitrogens with zero attached hydrogens (tertiary/aromatic N) is 2. The first-order chi connectivity index (χ1) is 12.5. The van der Waals surface area contributed by atoms with E-state index >= 15 is 0 Å². The number of hydrogen-bond acceptors (Lipinski definition) is 6. The first-order valence-electron chi connectivity index (χ1n) is 8.60. The van der Waals surface area contributed by atoms with E-state index in [1.54, 1.807) is 32.9 Å². The molecule has 1 heterocycles. The number of ether oxygens (including phenoxy) is 1. The number of hydrogen-bond donors (Lipinski definition) is 2. The number of aliphatic carboxylic acids is 1. The molecule has 2 rings (SSSR count). The van der Waals surface area contributed by atoms with Crippen molar-refractivity contribution in [3.8, 4) is 5.75 Å². The summed E-state index contributed by atoms with van der Waals surface area (Å²) in [7, 11) is 0. The zero-order valence-corrected chi connectivity index (χ0v) is 16.4. The van der Waals surface area contributed by atoms with Gasteiger partial charge in [-0.3, -0.25) is 4.79 Å². The lowest BCUT2D eigenvalue weighted by Crippen LogP contribution is -2.27. The molecule has 1 unspecified atom stereocenters. The van der Waals surface area contributed by atoms with Gasteiger partial charge in [0.2, 0.25) is 5.89 Å². The molecule has 0 aliphatic rings. The van der Waals surface area contributed by atoms with Crippen LogP contribution in [0.15, 0.2) is 16.7 Å². The van der Waals surface area contributed by atoms with E-state index in [0.29, 0.717) is 34.2 Å². The number of amides is 1. The summed E-state index contributed by atoms with van der Waals surface area (Å²) in [5, 5.41) is 15.5. The minimum absolute atomic E-state index is 0.245. The van der Waals surface area contributed by atoms with Gasteiger partial charge in [-0.25, -0.2) is 4.79 Å². The number of nitrogens with one attached hydrogen (secondary N) is 1. The van der Waals surface area contributed by atoms with E-state index in [9.17, 15) is 9.59 Å². The van der Waals surface area contributed by atoms with Crippen molar-refractivity contribution in [2.75, 3.05) is 6.61 Å². The van der Waals surface area contributed by atoms with Gasteiger partial charge in [-0.15, -0.1) is 0 Å². The summed E-state index contributed by atoms with van der Waals surface area (Å²) < 4.78 is 10.5. The highest BCUT2D eigenvalue weighted by Crippen LogP contribution is 2.25. The summed E-state index contributed by atoms with van der Waals surface area (Å²) >= 11 is 0. The van der Waals surface area contributed by atoms with Gasteiger partial charge in [-0.05, 0) is 44.0 Å². The Morgan fingerprint density at radius 2 is 1.85 bits per heavy atom.